The number of amides is 1. The van der Waals surface area contributed by atoms with E-state index in [1.165, 1.54) is 18.3 Å². The third-order valence-corrected chi connectivity index (χ3v) is 5.17. The summed E-state index contributed by atoms with van der Waals surface area (Å²) in [7, 11) is 0. The van der Waals surface area contributed by atoms with Gasteiger partial charge in [0.1, 0.15) is 0 Å². The van der Waals surface area contributed by atoms with Crippen LogP contribution in [0.25, 0.3) is 0 Å². The quantitative estimate of drug-likeness (QED) is 0.754. The average molecular weight is 415 g/mol. The summed E-state index contributed by atoms with van der Waals surface area (Å²) in [6.07, 6.45) is -3.23. The number of carbonyl (C=O) groups excluding carboxylic acids is 1. The number of hydrogen-bond donors (Lipinski definition) is 1. The van der Waals surface area contributed by atoms with E-state index < -0.39 is 12.8 Å². The molecule has 3 heterocycles. The van der Waals surface area contributed by atoms with Crippen LogP contribution >= 0.6 is 11.3 Å². The summed E-state index contributed by atoms with van der Waals surface area (Å²) in [5.74, 6) is -0.525. The summed E-state index contributed by atoms with van der Waals surface area (Å²) in [5.41, 5.74) is 0.256. The highest BCUT2D eigenvalue weighted by atomic mass is 32.1. The number of morpholine rings is 1. The molecule has 0 aromatic carbocycles. The van der Waals surface area contributed by atoms with Crippen LogP contribution < -0.4 is 10.1 Å². The van der Waals surface area contributed by atoms with Crippen LogP contribution in [0.15, 0.2) is 35.8 Å². The van der Waals surface area contributed by atoms with Gasteiger partial charge in [0.15, 0.2) is 6.61 Å². The van der Waals surface area contributed by atoms with E-state index in [-0.39, 0.29) is 23.4 Å². The van der Waals surface area contributed by atoms with Gasteiger partial charge in [0.25, 0.3) is 5.91 Å². The zero-order valence-electron chi connectivity index (χ0n) is 14.9. The smallest absolute Gasteiger partial charge is 0.422 e. The number of nitrogens with zero attached hydrogens (tertiary/aromatic N) is 2. The molecule has 2 aromatic rings. The van der Waals surface area contributed by atoms with E-state index in [9.17, 15) is 18.0 Å². The topological polar surface area (TPSA) is 63.7 Å². The maximum atomic E-state index is 12.4. The Balaban J connectivity index is 1.58. The molecule has 0 saturated carbocycles. The number of ether oxygens (including phenoxy) is 2. The molecule has 28 heavy (non-hydrogen) atoms. The Morgan fingerprint density at radius 3 is 2.71 bits per heavy atom. The van der Waals surface area contributed by atoms with Crippen LogP contribution in [0.2, 0.25) is 0 Å². The molecular weight excluding hydrogens is 395 g/mol. The molecule has 1 aliphatic heterocycles. The van der Waals surface area contributed by atoms with Crippen molar-refractivity contribution in [2.45, 2.75) is 12.2 Å². The highest BCUT2D eigenvalue weighted by molar-refractivity contribution is 7.10. The Labute approximate surface area is 164 Å². The van der Waals surface area contributed by atoms with Gasteiger partial charge < -0.3 is 14.8 Å². The van der Waals surface area contributed by atoms with E-state index in [4.69, 9.17) is 4.74 Å². The predicted molar refractivity (Wildman–Crippen MR) is 97.6 cm³/mol. The Morgan fingerprint density at radius 1 is 1.32 bits per heavy atom. The number of pyridine rings is 1. The van der Waals surface area contributed by atoms with Crippen LogP contribution in [0.4, 0.5) is 13.2 Å². The lowest BCUT2D eigenvalue weighted by molar-refractivity contribution is -0.154. The molecule has 0 radical (unpaired) electrons. The zero-order valence-corrected chi connectivity index (χ0v) is 15.8. The SMILES string of the molecule is O=C(NC[C@@H](c1cccs1)N1CCOCC1)c1ccc(OCC(F)(F)F)nc1. The van der Waals surface area contributed by atoms with Crippen molar-refractivity contribution in [3.05, 3.63) is 46.3 Å². The predicted octanol–water partition coefficient (Wildman–Crippen LogP) is 2.89. The van der Waals surface area contributed by atoms with Gasteiger partial charge in [-0.2, -0.15) is 13.2 Å². The fraction of sp³-hybridized carbons (Fsp3) is 0.444. The monoisotopic (exact) mass is 415 g/mol. The molecule has 1 aliphatic rings. The first-order chi connectivity index (χ1) is 13.4. The lowest BCUT2D eigenvalue weighted by Crippen LogP contribution is -2.43. The number of aromatic nitrogens is 1. The van der Waals surface area contributed by atoms with Crippen molar-refractivity contribution in [3.8, 4) is 5.88 Å². The molecule has 0 aliphatic carbocycles. The first-order valence-corrected chi connectivity index (χ1v) is 9.59. The lowest BCUT2D eigenvalue weighted by atomic mass is 10.1. The summed E-state index contributed by atoms with van der Waals surface area (Å²) >= 11 is 1.63. The molecular formula is C18H20F3N3O3S. The van der Waals surface area contributed by atoms with E-state index in [1.807, 2.05) is 17.5 Å². The van der Waals surface area contributed by atoms with Crippen molar-refractivity contribution in [1.29, 1.82) is 0 Å². The summed E-state index contributed by atoms with van der Waals surface area (Å²) < 4.78 is 46.4. The van der Waals surface area contributed by atoms with Crippen molar-refractivity contribution >= 4 is 17.2 Å². The van der Waals surface area contributed by atoms with E-state index in [2.05, 4.69) is 19.9 Å². The van der Waals surface area contributed by atoms with Gasteiger partial charge in [-0.25, -0.2) is 4.98 Å². The Hall–Kier alpha value is -2.17. The Morgan fingerprint density at radius 2 is 2.11 bits per heavy atom. The molecule has 10 heteroatoms. The van der Waals surface area contributed by atoms with Crippen LogP contribution in [0.3, 0.4) is 0 Å². The first kappa shape index (κ1) is 20.6. The van der Waals surface area contributed by atoms with E-state index in [1.54, 1.807) is 11.3 Å². The van der Waals surface area contributed by atoms with Crippen LogP contribution in [0.5, 0.6) is 5.88 Å². The van der Waals surface area contributed by atoms with E-state index >= 15 is 0 Å². The second kappa shape index (κ2) is 9.35. The highest BCUT2D eigenvalue weighted by Crippen LogP contribution is 2.25. The van der Waals surface area contributed by atoms with Crippen LogP contribution in [-0.4, -0.2) is 61.4 Å². The van der Waals surface area contributed by atoms with E-state index in [0.29, 0.717) is 19.8 Å². The number of alkyl halides is 3. The van der Waals surface area contributed by atoms with Gasteiger partial charge in [-0.1, -0.05) is 6.07 Å². The molecule has 0 unspecified atom stereocenters. The molecule has 1 atom stereocenters. The van der Waals surface area contributed by atoms with Crippen LogP contribution in [0, 0.1) is 0 Å². The van der Waals surface area contributed by atoms with Crippen molar-refractivity contribution in [2.75, 3.05) is 39.5 Å². The molecule has 6 nitrogen and oxygen atoms in total. The third kappa shape index (κ3) is 5.91. The van der Waals surface area contributed by atoms with E-state index in [0.717, 1.165) is 18.0 Å². The molecule has 1 saturated heterocycles. The largest absolute Gasteiger partial charge is 0.468 e. The van der Waals surface area contributed by atoms with Gasteiger partial charge in [0, 0.05) is 36.8 Å². The summed E-state index contributed by atoms with van der Waals surface area (Å²) in [5, 5.41) is 4.88. The number of thiophene rings is 1. The molecule has 1 amide bonds. The molecule has 1 fully saturated rings. The van der Waals surface area contributed by atoms with Crippen molar-refractivity contribution in [2.24, 2.45) is 0 Å². The second-order valence-corrected chi connectivity index (χ2v) is 7.16. The molecule has 152 valence electrons. The maximum Gasteiger partial charge on any atom is 0.422 e. The standard InChI is InChI=1S/C18H20F3N3O3S/c19-18(20,21)12-27-16-4-3-13(10-22-16)17(25)23-11-14(15-2-1-9-28-15)24-5-7-26-8-6-24/h1-4,9-10,14H,5-8,11-12H2,(H,23,25)/t14-/m0/s1. The second-order valence-electron chi connectivity index (χ2n) is 6.18. The molecule has 1 N–H and O–H groups in total. The zero-order chi connectivity index (χ0) is 20.0. The highest BCUT2D eigenvalue weighted by Gasteiger charge is 2.28. The van der Waals surface area contributed by atoms with Crippen LogP contribution in [-0.2, 0) is 4.74 Å². The molecule has 0 spiro atoms. The van der Waals surface area contributed by atoms with Gasteiger partial charge in [0.2, 0.25) is 5.88 Å². The summed E-state index contributed by atoms with van der Waals surface area (Å²) in [6, 6.07) is 6.68. The van der Waals surface area contributed by atoms with Gasteiger partial charge in [0.05, 0.1) is 24.8 Å². The van der Waals surface area contributed by atoms with Gasteiger partial charge in [-0.3, -0.25) is 9.69 Å². The number of hydrogen-bond acceptors (Lipinski definition) is 6. The summed E-state index contributed by atoms with van der Waals surface area (Å²) in [4.78, 5) is 19.6. The Kier molecular flexibility index (Phi) is 6.87. The molecule has 2 aromatic heterocycles. The Bertz CT molecular complexity index is 748. The van der Waals surface area contributed by atoms with Gasteiger partial charge in [-0.05, 0) is 17.5 Å². The van der Waals surface area contributed by atoms with Crippen LogP contribution in [0.1, 0.15) is 21.3 Å². The fourth-order valence-corrected chi connectivity index (χ4v) is 3.69. The maximum absolute atomic E-state index is 12.4. The van der Waals surface area contributed by atoms with Crippen molar-refractivity contribution in [3.63, 3.8) is 0 Å². The normalized spacial score (nSPS) is 16.5. The minimum atomic E-state index is -4.44. The van der Waals surface area contributed by atoms with Crippen molar-refractivity contribution in [1.82, 2.24) is 15.2 Å². The number of carbonyl (C=O) groups is 1. The third-order valence-electron chi connectivity index (χ3n) is 4.20. The first-order valence-electron chi connectivity index (χ1n) is 8.71. The van der Waals surface area contributed by atoms with Gasteiger partial charge >= 0.3 is 6.18 Å². The molecule has 0 bridgehead atoms. The lowest BCUT2D eigenvalue weighted by Gasteiger charge is -2.34. The average Bonchev–Trinajstić information content (AvgIpc) is 3.21. The minimum Gasteiger partial charge on any atom is -0.468 e. The number of nitrogens with one attached hydrogen (secondary N) is 1. The fourth-order valence-electron chi connectivity index (χ4n) is 2.83. The van der Waals surface area contributed by atoms with Gasteiger partial charge in [-0.15, -0.1) is 11.3 Å². The minimum absolute atomic E-state index is 0.0372. The molecule has 3 rings (SSSR count). The number of halogens is 3. The summed E-state index contributed by atoms with van der Waals surface area (Å²) in [6.45, 7) is 1.86. The van der Waals surface area contributed by atoms with Crippen molar-refractivity contribution < 1.29 is 27.4 Å². The number of rotatable bonds is 7.